The van der Waals surface area contributed by atoms with Gasteiger partial charge in [-0.1, -0.05) is 13.8 Å². The van der Waals surface area contributed by atoms with Crippen molar-refractivity contribution in [1.82, 2.24) is 10.8 Å². The Balaban J connectivity index is 1.93. The van der Waals surface area contributed by atoms with Crippen LogP contribution in [0.2, 0.25) is 0 Å². The third kappa shape index (κ3) is 2.97. The minimum absolute atomic E-state index is 0.152. The van der Waals surface area contributed by atoms with Crippen molar-refractivity contribution in [2.45, 2.75) is 57.4 Å². The second-order valence-electron chi connectivity index (χ2n) is 5.46. The number of methoxy groups -OCH3 is 1. The van der Waals surface area contributed by atoms with Gasteiger partial charge in [0.15, 0.2) is 0 Å². The van der Waals surface area contributed by atoms with Gasteiger partial charge in [-0.05, 0) is 25.2 Å². The predicted octanol–water partition coefficient (Wildman–Crippen LogP) is 0.947. The molecule has 98 valence electrons. The van der Waals surface area contributed by atoms with E-state index < -0.39 is 5.79 Å². The summed E-state index contributed by atoms with van der Waals surface area (Å²) < 4.78 is 5.30. The Hall–Kier alpha value is -0.650. The van der Waals surface area contributed by atoms with E-state index in [1.54, 1.807) is 0 Å². The van der Waals surface area contributed by atoms with Crippen LogP contribution < -0.4 is 10.8 Å². The molecule has 5 nitrogen and oxygen atoms in total. The maximum absolute atomic E-state index is 12.1. The molecule has 17 heavy (non-hydrogen) atoms. The zero-order valence-electron chi connectivity index (χ0n) is 10.8. The van der Waals surface area contributed by atoms with Crippen molar-refractivity contribution in [3.63, 3.8) is 0 Å². The summed E-state index contributed by atoms with van der Waals surface area (Å²) in [6.07, 6.45) is 3.67. The molecular formula is C12H22N2O3. The van der Waals surface area contributed by atoms with Crippen LogP contribution in [0.25, 0.3) is 0 Å². The molecule has 2 N–H and O–H groups in total. The number of hydrogen-bond acceptors (Lipinski definition) is 4. The first kappa shape index (κ1) is 12.8. The average Bonchev–Trinajstić information content (AvgIpc) is 2.97. The van der Waals surface area contributed by atoms with Gasteiger partial charge in [-0.3, -0.25) is 9.63 Å². The quantitative estimate of drug-likeness (QED) is 0.753. The molecule has 0 radical (unpaired) electrons. The number of nitrogens with one attached hydrogen (secondary N) is 2. The van der Waals surface area contributed by atoms with E-state index in [-0.39, 0.29) is 11.9 Å². The highest BCUT2D eigenvalue weighted by molar-refractivity contribution is 5.84. The summed E-state index contributed by atoms with van der Waals surface area (Å²) in [4.78, 5) is 17.5. The van der Waals surface area contributed by atoms with E-state index >= 15 is 0 Å². The molecular weight excluding hydrogens is 220 g/mol. The predicted molar refractivity (Wildman–Crippen MR) is 63.0 cm³/mol. The summed E-state index contributed by atoms with van der Waals surface area (Å²) in [5.74, 6) is -0.723. The molecule has 5 heteroatoms. The highest BCUT2D eigenvalue weighted by Gasteiger charge is 2.49. The van der Waals surface area contributed by atoms with Crippen molar-refractivity contribution in [1.29, 1.82) is 0 Å². The van der Waals surface area contributed by atoms with Crippen LogP contribution in [0, 0.1) is 5.92 Å². The summed E-state index contributed by atoms with van der Waals surface area (Å²) in [5.41, 5.74) is 2.92. The molecule has 2 atom stereocenters. The van der Waals surface area contributed by atoms with E-state index in [4.69, 9.17) is 9.57 Å². The standard InChI is InChI=1S/C12H22N2O3/c1-8(2)6-10-7-12(16-3,17-14-10)11(15)13-9-4-5-9/h8-10,14H,4-7H2,1-3H3,(H,13,15)/t10-,12+/m0/s1. The van der Waals surface area contributed by atoms with Crippen LogP contribution in [0.4, 0.5) is 0 Å². The van der Waals surface area contributed by atoms with Crippen LogP contribution >= 0.6 is 0 Å². The number of carbonyl (C=O) groups is 1. The zero-order valence-corrected chi connectivity index (χ0v) is 10.8. The number of hydroxylamine groups is 1. The number of rotatable bonds is 5. The third-order valence-corrected chi connectivity index (χ3v) is 3.25. The lowest BCUT2D eigenvalue weighted by atomic mass is 9.98. The molecule has 1 aliphatic heterocycles. The molecule has 1 aliphatic carbocycles. The van der Waals surface area contributed by atoms with Crippen molar-refractivity contribution < 1.29 is 14.4 Å². The molecule has 1 saturated carbocycles. The second kappa shape index (κ2) is 4.92. The molecule has 0 aromatic heterocycles. The van der Waals surface area contributed by atoms with Gasteiger partial charge in [0.1, 0.15) is 0 Å². The molecule has 0 unspecified atom stereocenters. The second-order valence-corrected chi connectivity index (χ2v) is 5.46. The van der Waals surface area contributed by atoms with E-state index in [1.807, 2.05) is 0 Å². The van der Waals surface area contributed by atoms with E-state index in [0.717, 1.165) is 19.3 Å². The molecule has 0 aromatic carbocycles. The van der Waals surface area contributed by atoms with Gasteiger partial charge in [0.2, 0.25) is 0 Å². The lowest BCUT2D eigenvalue weighted by molar-refractivity contribution is -0.218. The zero-order chi connectivity index (χ0) is 12.5. The number of carbonyl (C=O) groups excluding carboxylic acids is 1. The third-order valence-electron chi connectivity index (χ3n) is 3.25. The molecule has 2 aliphatic rings. The summed E-state index contributed by atoms with van der Waals surface area (Å²) in [5, 5.41) is 2.93. The maximum Gasteiger partial charge on any atom is 0.282 e. The molecule has 1 amide bonds. The molecule has 2 fully saturated rings. The SMILES string of the molecule is CO[C@]1(C(=O)NC2CC2)C[C@H](CC(C)C)NO1. The topological polar surface area (TPSA) is 59.6 Å². The molecule has 1 heterocycles. The van der Waals surface area contributed by atoms with Crippen LogP contribution in [-0.4, -0.2) is 30.9 Å². The fourth-order valence-electron chi connectivity index (χ4n) is 2.17. The first-order valence-electron chi connectivity index (χ1n) is 6.35. The Morgan fingerprint density at radius 3 is 2.82 bits per heavy atom. The van der Waals surface area contributed by atoms with E-state index in [9.17, 15) is 4.79 Å². The Bertz CT molecular complexity index is 291. The first-order valence-corrected chi connectivity index (χ1v) is 6.35. The maximum atomic E-state index is 12.1. The average molecular weight is 242 g/mol. The molecule has 0 bridgehead atoms. The fourth-order valence-corrected chi connectivity index (χ4v) is 2.17. The van der Waals surface area contributed by atoms with Crippen molar-refractivity contribution in [2.75, 3.05) is 7.11 Å². The van der Waals surface area contributed by atoms with Gasteiger partial charge in [0.25, 0.3) is 11.7 Å². The summed E-state index contributed by atoms with van der Waals surface area (Å²) >= 11 is 0. The van der Waals surface area contributed by atoms with Crippen molar-refractivity contribution in [3.8, 4) is 0 Å². The van der Waals surface area contributed by atoms with Gasteiger partial charge in [-0.2, -0.15) is 5.48 Å². The Morgan fingerprint density at radius 2 is 2.29 bits per heavy atom. The smallest absolute Gasteiger partial charge is 0.282 e. The fraction of sp³-hybridized carbons (Fsp3) is 0.917. The Labute approximate surface area is 102 Å². The van der Waals surface area contributed by atoms with Gasteiger partial charge in [-0.15, -0.1) is 0 Å². The lowest BCUT2D eigenvalue weighted by Crippen LogP contribution is -2.49. The van der Waals surface area contributed by atoms with E-state index in [0.29, 0.717) is 18.4 Å². The minimum Gasteiger partial charge on any atom is -0.349 e. The summed E-state index contributed by atoms with van der Waals surface area (Å²) in [6, 6.07) is 0.502. The van der Waals surface area contributed by atoms with Crippen molar-refractivity contribution >= 4 is 5.91 Å². The number of hydrogen-bond donors (Lipinski definition) is 2. The van der Waals surface area contributed by atoms with Gasteiger partial charge in [0, 0.05) is 25.6 Å². The minimum atomic E-state index is -1.14. The van der Waals surface area contributed by atoms with Crippen molar-refractivity contribution in [2.24, 2.45) is 5.92 Å². The van der Waals surface area contributed by atoms with Gasteiger partial charge in [0.05, 0.1) is 0 Å². The monoisotopic (exact) mass is 242 g/mol. The lowest BCUT2D eigenvalue weighted by Gasteiger charge is -2.23. The van der Waals surface area contributed by atoms with Crippen LogP contribution in [0.15, 0.2) is 0 Å². The number of amides is 1. The van der Waals surface area contributed by atoms with Crippen molar-refractivity contribution in [3.05, 3.63) is 0 Å². The van der Waals surface area contributed by atoms with E-state index in [1.165, 1.54) is 7.11 Å². The van der Waals surface area contributed by atoms with Gasteiger partial charge in [-0.25, -0.2) is 0 Å². The Kier molecular flexibility index (Phi) is 3.70. The molecule has 2 rings (SSSR count). The summed E-state index contributed by atoms with van der Waals surface area (Å²) in [6.45, 7) is 4.30. The molecule has 0 spiro atoms. The van der Waals surface area contributed by atoms with E-state index in [2.05, 4.69) is 24.6 Å². The van der Waals surface area contributed by atoms with Crippen LogP contribution in [0.5, 0.6) is 0 Å². The van der Waals surface area contributed by atoms with Crippen LogP contribution in [-0.2, 0) is 14.4 Å². The van der Waals surface area contributed by atoms with Crippen LogP contribution in [0.1, 0.15) is 39.5 Å². The molecule has 1 saturated heterocycles. The molecule has 0 aromatic rings. The van der Waals surface area contributed by atoms with Gasteiger partial charge >= 0.3 is 0 Å². The highest BCUT2D eigenvalue weighted by atomic mass is 16.8. The van der Waals surface area contributed by atoms with Gasteiger partial charge < -0.3 is 10.1 Å². The number of ether oxygens (including phenoxy) is 1. The normalized spacial score (nSPS) is 33.1. The van der Waals surface area contributed by atoms with Crippen LogP contribution in [0.3, 0.4) is 0 Å². The summed E-state index contributed by atoms with van der Waals surface area (Å²) in [7, 11) is 1.52. The highest BCUT2D eigenvalue weighted by Crippen LogP contribution is 2.29. The Morgan fingerprint density at radius 1 is 1.59 bits per heavy atom. The first-order chi connectivity index (χ1) is 8.05. The largest absolute Gasteiger partial charge is 0.349 e.